The van der Waals surface area contributed by atoms with E-state index in [0.29, 0.717) is 13.2 Å². The van der Waals surface area contributed by atoms with Crippen molar-refractivity contribution >= 4 is 6.03 Å². The summed E-state index contributed by atoms with van der Waals surface area (Å²) >= 11 is 0. The van der Waals surface area contributed by atoms with E-state index in [9.17, 15) is 4.79 Å². The second-order valence-electron chi connectivity index (χ2n) is 6.17. The number of hydrogen-bond acceptors (Lipinski definition) is 4. The average Bonchev–Trinajstić information content (AvgIpc) is 2.69. The van der Waals surface area contributed by atoms with Crippen molar-refractivity contribution < 1.29 is 14.3 Å². The predicted molar refractivity (Wildman–Crippen MR) is 76.8 cm³/mol. The van der Waals surface area contributed by atoms with Gasteiger partial charge in [-0.25, -0.2) is 4.79 Å². The lowest BCUT2D eigenvalue weighted by Gasteiger charge is -2.33. The van der Waals surface area contributed by atoms with Crippen molar-refractivity contribution in [1.29, 1.82) is 0 Å². The molecule has 1 spiro atoms. The summed E-state index contributed by atoms with van der Waals surface area (Å²) in [6.07, 6.45) is 1.09. The molecule has 2 rings (SSSR count). The maximum absolute atomic E-state index is 12.2. The zero-order valence-electron chi connectivity index (χ0n) is 12.9. The Morgan fingerprint density at radius 1 is 1.35 bits per heavy atom. The van der Waals surface area contributed by atoms with Crippen LogP contribution in [0.3, 0.4) is 0 Å². The van der Waals surface area contributed by atoms with Crippen LogP contribution in [-0.2, 0) is 9.47 Å². The molecule has 0 aliphatic carbocycles. The molecule has 1 unspecified atom stereocenters. The van der Waals surface area contributed by atoms with Gasteiger partial charge in [-0.15, -0.1) is 0 Å². The number of urea groups is 1. The molecule has 1 atom stereocenters. The van der Waals surface area contributed by atoms with Crippen molar-refractivity contribution in [3.8, 4) is 0 Å². The summed E-state index contributed by atoms with van der Waals surface area (Å²) in [6.45, 7) is 6.67. The Hall–Kier alpha value is -0.850. The van der Waals surface area contributed by atoms with E-state index in [1.165, 1.54) is 0 Å². The highest BCUT2D eigenvalue weighted by molar-refractivity contribution is 5.73. The SMILES string of the molecule is COCCN1CCC2(COCCN(C(=O)N(C)C)C2)C1. The average molecular weight is 285 g/mol. The predicted octanol–water partition coefficient (Wildman–Crippen LogP) is 0.339. The Labute approximate surface area is 121 Å². The molecule has 2 aliphatic rings. The van der Waals surface area contributed by atoms with Gasteiger partial charge in [0.15, 0.2) is 0 Å². The van der Waals surface area contributed by atoms with Gasteiger partial charge in [0, 0.05) is 52.8 Å². The minimum absolute atomic E-state index is 0.0882. The standard InChI is InChI=1S/C14H27N3O3/c1-15(2)13(18)17-7-9-20-12-14(11-17)4-5-16(10-14)6-8-19-3/h4-12H2,1-3H3. The molecule has 0 aromatic carbocycles. The number of carbonyl (C=O) groups is 1. The van der Waals surface area contributed by atoms with Gasteiger partial charge in [-0.1, -0.05) is 0 Å². The topological polar surface area (TPSA) is 45.3 Å². The number of nitrogens with zero attached hydrogens (tertiary/aromatic N) is 3. The number of methoxy groups -OCH3 is 1. The third-order valence-corrected chi connectivity index (χ3v) is 4.22. The van der Waals surface area contributed by atoms with Crippen LogP contribution in [0.25, 0.3) is 0 Å². The fraction of sp³-hybridized carbons (Fsp3) is 0.929. The molecule has 2 aliphatic heterocycles. The number of rotatable bonds is 3. The lowest BCUT2D eigenvalue weighted by Crippen LogP contribution is -2.47. The normalized spacial score (nSPS) is 27.9. The molecule has 2 saturated heterocycles. The van der Waals surface area contributed by atoms with Crippen molar-refractivity contribution in [3.05, 3.63) is 0 Å². The van der Waals surface area contributed by atoms with E-state index in [4.69, 9.17) is 9.47 Å². The van der Waals surface area contributed by atoms with E-state index in [0.717, 1.165) is 45.8 Å². The van der Waals surface area contributed by atoms with Crippen molar-refractivity contribution in [3.63, 3.8) is 0 Å². The lowest BCUT2D eigenvalue weighted by molar-refractivity contribution is 0.0687. The van der Waals surface area contributed by atoms with Gasteiger partial charge in [0.25, 0.3) is 0 Å². The molecule has 2 fully saturated rings. The first kappa shape index (κ1) is 15.5. The third-order valence-electron chi connectivity index (χ3n) is 4.22. The van der Waals surface area contributed by atoms with Crippen LogP contribution in [0.4, 0.5) is 4.79 Å². The van der Waals surface area contributed by atoms with Crippen LogP contribution >= 0.6 is 0 Å². The van der Waals surface area contributed by atoms with Gasteiger partial charge in [0.2, 0.25) is 0 Å². The van der Waals surface area contributed by atoms with Crippen molar-refractivity contribution in [2.45, 2.75) is 6.42 Å². The fourth-order valence-corrected chi connectivity index (χ4v) is 3.12. The zero-order chi connectivity index (χ0) is 14.6. The van der Waals surface area contributed by atoms with Crippen LogP contribution in [0, 0.1) is 5.41 Å². The van der Waals surface area contributed by atoms with E-state index in [-0.39, 0.29) is 11.4 Å². The Bertz CT molecular complexity index is 338. The molecule has 0 radical (unpaired) electrons. The minimum Gasteiger partial charge on any atom is -0.383 e. The first-order valence-corrected chi connectivity index (χ1v) is 7.32. The van der Waals surface area contributed by atoms with E-state index >= 15 is 0 Å². The molecule has 2 amide bonds. The summed E-state index contributed by atoms with van der Waals surface area (Å²) in [5.74, 6) is 0. The summed E-state index contributed by atoms with van der Waals surface area (Å²) in [7, 11) is 5.35. The van der Waals surface area contributed by atoms with Gasteiger partial charge in [-0.3, -0.25) is 0 Å². The summed E-state index contributed by atoms with van der Waals surface area (Å²) in [5, 5.41) is 0. The van der Waals surface area contributed by atoms with Crippen molar-refractivity contribution in [2.24, 2.45) is 5.41 Å². The van der Waals surface area contributed by atoms with Gasteiger partial charge in [-0.05, 0) is 13.0 Å². The largest absolute Gasteiger partial charge is 0.383 e. The summed E-state index contributed by atoms with van der Waals surface area (Å²) < 4.78 is 10.9. The molecule has 0 saturated carbocycles. The molecule has 0 bridgehead atoms. The van der Waals surface area contributed by atoms with Crippen LogP contribution in [0.1, 0.15) is 6.42 Å². The van der Waals surface area contributed by atoms with Crippen molar-refractivity contribution in [2.75, 3.05) is 73.7 Å². The van der Waals surface area contributed by atoms with Gasteiger partial charge in [-0.2, -0.15) is 0 Å². The number of carbonyl (C=O) groups excluding carboxylic acids is 1. The number of amides is 2. The minimum atomic E-state index is 0.0882. The summed E-state index contributed by atoms with van der Waals surface area (Å²) in [6, 6.07) is 0.0882. The third kappa shape index (κ3) is 3.62. The van der Waals surface area contributed by atoms with Crippen LogP contribution in [0.5, 0.6) is 0 Å². The highest BCUT2D eigenvalue weighted by Gasteiger charge is 2.42. The quantitative estimate of drug-likeness (QED) is 0.750. The Morgan fingerprint density at radius 2 is 2.15 bits per heavy atom. The van der Waals surface area contributed by atoms with E-state index in [1.54, 1.807) is 26.1 Å². The number of ether oxygens (including phenoxy) is 2. The molecule has 116 valence electrons. The van der Waals surface area contributed by atoms with E-state index < -0.39 is 0 Å². The maximum Gasteiger partial charge on any atom is 0.319 e. The highest BCUT2D eigenvalue weighted by atomic mass is 16.5. The zero-order valence-corrected chi connectivity index (χ0v) is 12.9. The van der Waals surface area contributed by atoms with Gasteiger partial charge < -0.3 is 24.2 Å². The van der Waals surface area contributed by atoms with Gasteiger partial charge >= 0.3 is 6.03 Å². The molecule has 0 aromatic rings. The summed E-state index contributed by atoms with van der Waals surface area (Å²) in [5.41, 5.74) is 0.0932. The van der Waals surface area contributed by atoms with E-state index in [2.05, 4.69) is 4.90 Å². The van der Waals surface area contributed by atoms with Crippen LogP contribution in [0.2, 0.25) is 0 Å². The molecular weight excluding hydrogens is 258 g/mol. The first-order chi connectivity index (χ1) is 9.56. The number of likely N-dealkylation sites (tertiary alicyclic amines) is 1. The van der Waals surface area contributed by atoms with Gasteiger partial charge in [0.05, 0.1) is 19.8 Å². The Morgan fingerprint density at radius 3 is 2.85 bits per heavy atom. The molecular formula is C14H27N3O3. The van der Waals surface area contributed by atoms with Crippen molar-refractivity contribution in [1.82, 2.24) is 14.7 Å². The molecule has 0 N–H and O–H groups in total. The number of hydrogen-bond donors (Lipinski definition) is 0. The molecule has 6 nitrogen and oxygen atoms in total. The molecule has 6 heteroatoms. The van der Waals surface area contributed by atoms with Crippen LogP contribution in [0.15, 0.2) is 0 Å². The lowest BCUT2D eigenvalue weighted by atomic mass is 9.87. The highest BCUT2D eigenvalue weighted by Crippen LogP contribution is 2.33. The van der Waals surface area contributed by atoms with E-state index in [1.807, 2.05) is 4.90 Å². The van der Waals surface area contributed by atoms with Crippen LogP contribution in [-0.4, -0.2) is 94.5 Å². The fourth-order valence-electron chi connectivity index (χ4n) is 3.12. The Kier molecular flexibility index (Phi) is 5.23. The van der Waals surface area contributed by atoms with Gasteiger partial charge in [0.1, 0.15) is 0 Å². The second-order valence-corrected chi connectivity index (χ2v) is 6.17. The Balaban J connectivity index is 1.98. The molecule has 2 heterocycles. The second kappa shape index (κ2) is 6.74. The first-order valence-electron chi connectivity index (χ1n) is 7.32. The maximum atomic E-state index is 12.2. The summed E-state index contributed by atoms with van der Waals surface area (Å²) in [4.78, 5) is 18.2. The smallest absolute Gasteiger partial charge is 0.319 e. The molecule has 0 aromatic heterocycles. The molecule has 20 heavy (non-hydrogen) atoms. The monoisotopic (exact) mass is 285 g/mol. The van der Waals surface area contributed by atoms with Crippen LogP contribution < -0.4 is 0 Å².